The molecule has 1 fully saturated rings. The quantitative estimate of drug-likeness (QED) is 0.601. The van der Waals surface area contributed by atoms with Crippen LogP contribution in [0.2, 0.25) is 5.02 Å². The number of halogens is 2. The maximum atomic E-state index is 13.8. The van der Waals surface area contributed by atoms with Gasteiger partial charge >= 0.3 is 0 Å². The zero-order valence-electron chi connectivity index (χ0n) is 16.4. The molecule has 0 bridgehead atoms. The van der Waals surface area contributed by atoms with Crippen LogP contribution in [-0.2, 0) is 13.3 Å². The molecule has 0 spiro atoms. The predicted molar refractivity (Wildman–Crippen MR) is 112 cm³/mol. The van der Waals surface area contributed by atoms with Gasteiger partial charge in [0.15, 0.2) is 12.4 Å². The second-order valence-corrected chi connectivity index (χ2v) is 7.57. The van der Waals surface area contributed by atoms with Crippen LogP contribution in [0.1, 0.15) is 16.1 Å². The molecule has 30 heavy (non-hydrogen) atoms. The van der Waals surface area contributed by atoms with Crippen LogP contribution in [0.3, 0.4) is 0 Å². The van der Waals surface area contributed by atoms with Crippen LogP contribution in [0.4, 0.5) is 4.39 Å². The van der Waals surface area contributed by atoms with Gasteiger partial charge in [-0.25, -0.2) is 9.07 Å². The average molecular weight is 429 g/mol. The summed E-state index contributed by atoms with van der Waals surface area (Å²) in [5.74, 6) is 0.334. The topological polar surface area (TPSA) is 50.6 Å². The van der Waals surface area contributed by atoms with Crippen molar-refractivity contribution >= 4 is 17.5 Å². The summed E-state index contributed by atoms with van der Waals surface area (Å²) in [6.45, 7) is 3.28. The third-order valence-corrected chi connectivity index (χ3v) is 5.27. The summed E-state index contributed by atoms with van der Waals surface area (Å²) in [5, 5.41) is 4.92. The molecule has 8 heteroatoms. The van der Waals surface area contributed by atoms with E-state index in [2.05, 4.69) is 10.00 Å². The molecule has 3 aromatic rings. The van der Waals surface area contributed by atoms with Gasteiger partial charge in [-0.15, -0.1) is 0 Å². The van der Waals surface area contributed by atoms with E-state index in [0.717, 1.165) is 0 Å². The summed E-state index contributed by atoms with van der Waals surface area (Å²) < 4.78 is 21.1. The van der Waals surface area contributed by atoms with E-state index in [1.165, 1.54) is 6.07 Å². The monoisotopic (exact) mass is 428 g/mol. The third kappa shape index (κ3) is 4.98. The van der Waals surface area contributed by atoms with Crippen molar-refractivity contribution in [3.05, 3.63) is 82.9 Å². The average Bonchev–Trinajstić information content (AvgIpc) is 3.23. The molecule has 156 valence electrons. The highest BCUT2D eigenvalue weighted by atomic mass is 35.5. The Morgan fingerprint density at radius 1 is 1.07 bits per heavy atom. The Morgan fingerprint density at radius 2 is 1.87 bits per heavy atom. The lowest BCUT2D eigenvalue weighted by molar-refractivity contribution is 0.0619. The van der Waals surface area contributed by atoms with Gasteiger partial charge in [0, 0.05) is 49.5 Å². The molecule has 1 aromatic heterocycles. The molecule has 1 aliphatic rings. The van der Waals surface area contributed by atoms with Gasteiger partial charge in [-0.05, 0) is 30.3 Å². The lowest BCUT2D eigenvalue weighted by Crippen LogP contribution is -2.48. The molecular formula is C22H22ClFN4O2. The van der Waals surface area contributed by atoms with Crippen LogP contribution in [0.5, 0.6) is 5.75 Å². The molecule has 0 N–H and O–H groups in total. The molecule has 0 aliphatic carbocycles. The van der Waals surface area contributed by atoms with Crippen molar-refractivity contribution in [1.29, 1.82) is 0 Å². The van der Waals surface area contributed by atoms with E-state index in [1.807, 2.05) is 18.2 Å². The van der Waals surface area contributed by atoms with Crippen LogP contribution in [0, 0.1) is 5.82 Å². The van der Waals surface area contributed by atoms with Gasteiger partial charge in [-0.3, -0.25) is 9.69 Å². The molecule has 1 saturated heterocycles. The van der Waals surface area contributed by atoms with E-state index in [9.17, 15) is 9.18 Å². The Balaban J connectivity index is 1.29. The lowest BCUT2D eigenvalue weighted by Gasteiger charge is -2.34. The molecule has 2 aromatic carbocycles. The number of aromatic nitrogens is 2. The zero-order chi connectivity index (χ0) is 20.9. The lowest BCUT2D eigenvalue weighted by atomic mass is 10.2. The van der Waals surface area contributed by atoms with Crippen molar-refractivity contribution in [1.82, 2.24) is 19.6 Å². The van der Waals surface area contributed by atoms with E-state index < -0.39 is 0 Å². The second-order valence-electron chi connectivity index (χ2n) is 7.13. The standard InChI is InChI=1S/C22H22ClFN4O2/c23-18-5-3-6-19(14-18)30-16-28-9-8-21(25-28)22(29)27-12-10-26(11-13-27)15-17-4-1-2-7-20(17)24/h1-9,14H,10-13,15-16H2. The normalized spacial score (nSPS) is 14.7. The van der Waals surface area contributed by atoms with Crippen molar-refractivity contribution in [3.63, 3.8) is 0 Å². The summed E-state index contributed by atoms with van der Waals surface area (Å²) >= 11 is 5.95. The smallest absolute Gasteiger partial charge is 0.274 e. The summed E-state index contributed by atoms with van der Waals surface area (Å²) in [7, 11) is 0. The molecule has 6 nitrogen and oxygen atoms in total. The maximum absolute atomic E-state index is 13.8. The fraction of sp³-hybridized carbons (Fsp3) is 0.273. The molecule has 1 amide bonds. The Kier molecular flexibility index (Phi) is 6.30. The van der Waals surface area contributed by atoms with Crippen molar-refractivity contribution < 1.29 is 13.9 Å². The first-order chi connectivity index (χ1) is 14.6. The number of carbonyl (C=O) groups is 1. The Hall–Kier alpha value is -2.90. The van der Waals surface area contributed by atoms with Crippen LogP contribution < -0.4 is 4.74 Å². The van der Waals surface area contributed by atoms with Crippen LogP contribution in [0.15, 0.2) is 60.8 Å². The third-order valence-electron chi connectivity index (χ3n) is 5.03. The molecule has 0 atom stereocenters. The van der Waals surface area contributed by atoms with E-state index >= 15 is 0 Å². The van der Waals surface area contributed by atoms with Crippen molar-refractivity contribution in [3.8, 4) is 5.75 Å². The second kappa shape index (κ2) is 9.28. The molecule has 2 heterocycles. The Bertz CT molecular complexity index is 1020. The fourth-order valence-corrected chi connectivity index (χ4v) is 3.56. The van der Waals surface area contributed by atoms with Gasteiger partial charge in [0.05, 0.1) is 0 Å². The summed E-state index contributed by atoms with van der Waals surface area (Å²) in [6.07, 6.45) is 1.71. The SMILES string of the molecule is O=C(c1ccn(COc2cccc(Cl)c2)n1)N1CCN(Cc2ccccc2F)CC1. The number of rotatable bonds is 6. The van der Waals surface area contributed by atoms with Gasteiger partial charge in [0.1, 0.15) is 11.6 Å². The summed E-state index contributed by atoms with van der Waals surface area (Å²) in [4.78, 5) is 16.7. The molecule has 0 unspecified atom stereocenters. The van der Waals surface area contributed by atoms with Crippen LogP contribution in [0.25, 0.3) is 0 Å². The number of amides is 1. The largest absolute Gasteiger partial charge is 0.471 e. The van der Waals surface area contributed by atoms with Crippen molar-refractivity contribution in [2.75, 3.05) is 26.2 Å². The summed E-state index contributed by atoms with van der Waals surface area (Å²) in [6, 6.07) is 15.6. The first kappa shape index (κ1) is 20.4. The number of ether oxygens (including phenoxy) is 1. The molecule has 0 saturated carbocycles. The first-order valence-corrected chi connectivity index (χ1v) is 10.1. The predicted octanol–water partition coefficient (Wildman–Crippen LogP) is 3.67. The van der Waals surface area contributed by atoms with E-state index in [1.54, 1.807) is 46.1 Å². The minimum atomic E-state index is -0.193. The van der Waals surface area contributed by atoms with Crippen molar-refractivity contribution in [2.45, 2.75) is 13.3 Å². The van der Waals surface area contributed by atoms with Gasteiger partial charge in [0.25, 0.3) is 5.91 Å². The maximum Gasteiger partial charge on any atom is 0.274 e. The molecule has 1 aliphatic heterocycles. The van der Waals surface area contributed by atoms with Gasteiger partial charge in [-0.2, -0.15) is 5.10 Å². The summed E-state index contributed by atoms with van der Waals surface area (Å²) in [5.41, 5.74) is 1.06. The Labute approximate surface area is 179 Å². The van der Waals surface area contributed by atoms with Crippen LogP contribution in [-0.4, -0.2) is 51.7 Å². The van der Waals surface area contributed by atoms with Crippen LogP contribution >= 0.6 is 11.6 Å². The highest BCUT2D eigenvalue weighted by Crippen LogP contribution is 2.18. The van der Waals surface area contributed by atoms with E-state index in [-0.39, 0.29) is 18.5 Å². The first-order valence-electron chi connectivity index (χ1n) is 9.75. The Morgan fingerprint density at radius 3 is 2.63 bits per heavy atom. The van der Waals surface area contributed by atoms with Gasteiger partial charge < -0.3 is 9.64 Å². The number of carbonyl (C=O) groups excluding carboxylic acids is 1. The zero-order valence-corrected chi connectivity index (χ0v) is 17.1. The number of nitrogens with zero attached hydrogens (tertiary/aromatic N) is 4. The number of benzene rings is 2. The van der Waals surface area contributed by atoms with E-state index in [4.69, 9.17) is 16.3 Å². The van der Waals surface area contributed by atoms with Gasteiger partial charge in [-0.1, -0.05) is 35.9 Å². The number of hydrogen-bond donors (Lipinski definition) is 0. The molecule has 0 radical (unpaired) electrons. The minimum absolute atomic E-state index is 0.109. The highest BCUT2D eigenvalue weighted by Gasteiger charge is 2.24. The number of hydrogen-bond acceptors (Lipinski definition) is 4. The fourth-order valence-electron chi connectivity index (χ4n) is 3.38. The minimum Gasteiger partial charge on any atom is -0.471 e. The van der Waals surface area contributed by atoms with Gasteiger partial charge in [0.2, 0.25) is 0 Å². The number of piperazine rings is 1. The van der Waals surface area contributed by atoms with E-state index in [0.29, 0.717) is 54.8 Å². The molecule has 4 rings (SSSR count). The van der Waals surface area contributed by atoms with Crippen molar-refractivity contribution in [2.24, 2.45) is 0 Å². The highest BCUT2D eigenvalue weighted by molar-refractivity contribution is 6.30. The molecular weight excluding hydrogens is 407 g/mol.